The highest BCUT2D eigenvalue weighted by Gasteiger charge is 1.96. The minimum absolute atomic E-state index is 0.0828. The van der Waals surface area contributed by atoms with Gasteiger partial charge in [-0.25, -0.2) is 0 Å². The van der Waals surface area contributed by atoms with Crippen LogP contribution in [0.25, 0.3) is 0 Å². The van der Waals surface area contributed by atoms with Gasteiger partial charge in [-0.2, -0.15) is 0 Å². The van der Waals surface area contributed by atoms with Crippen molar-refractivity contribution in [3.05, 3.63) is 0 Å². The van der Waals surface area contributed by atoms with Crippen molar-refractivity contribution < 1.29 is 5.11 Å². The predicted molar refractivity (Wildman–Crippen MR) is 39.9 cm³/mol. The molecule has 0 atom stereocenters. The van der Waals surface area contributed by atoms with E-state index >= 15 is 0 Å². The van der Waals surface area contributed by atoms with Gasteiger partial charge in [0.15, 0.2) is 0 Å². The minimum atomic E-state index is 0.0828. The van der Waals surface area contributed by atoms with Crippen LogP contribution in [0, 0.1) is 0 Å². The van der Waals surface area contributed by atoms with Crippen molar-refractivity contribution in [2.75, 3.05) is 24.2 Å². The molecule has 0 aliphatic rings. The van der Waals surface area contributed by atoms with Gasteiger partial charge in [0.1, 0.15) is 0 Å². The Kier molecular flexibility index (Phi) is 2.41. The molecule has 4 N–H and O–H groups in total. The van der Waals surface area contributed by atoms with E-state index in [1.807, 2.05) is 0 Å². The maximum Gasteiger partial charge on any atom is 0.207 e. The molecule has 0 saturated carbocycles. The summed E-state index contributed by atoms with van der Waals surface area (Å²) in [6.07, 6.45) is 0. The summed E-state index contributed by atoms with van der Waals surface area (Å²) in [6.45, 7) is 0.564. The van der Waals surface area contributed by atoms with Gasteiger partial charge < -0.3 is 16.2 Å². The summed E-state index contributed by atoms with van der Waals surface area (Å²) >= 11 is 1.26. The van der Waals surface area contributed by atoms with Crippen LogP contribution in [0.3, 0.4) is 0 Å². The summed E-state index contributed by atoms with van der Waals surface area (Å²) < 4.78 is 0. The van der Waals surface area contributed by atoms with Gasteiger partial charge in [0, 0.05) is 6.54 Å². The van der Waals surface area contributed by atoms with Crippen molar-refractivity contribution in [3.63, 3.8) is 0 Å². The Balaban J connectivity index is 2.42. The van der Waals surface area contributed by atoms with E-state index in [-0.39, 0.29) is 6.61 Å². The van der Waals surface area contributed by atoms with Crippen LogP contribution in [0.5, 0.6) is 0 Å². The molecule has 0 amide bonds. The molecule has 5 nitrogen and oxygen atoms in total. The van der Waals surface area contributed by atoms with E-state index in [2.05, 4.69) is 15.5 Å². The highest BCUT2D eigenvalue weighted by atomic mass is 32.1. The normalized spacial score (nSPS) is 9.70. The molecule has 0 aromatic carbocycles. The SMILES string of the molecule is Nc1nnc(NCCO)s1. The Hall–Kier alpha value is -0.880. The third kappa shape index (κ3) is 1.82. The van der Waals surface area contributed by atoms with E-state index in [4.69, 9.17) is 10.8 Å². The fraction of sp³-hybridized carbons (Fsp3) is 0.500. The fourth-order valence-corrected chi connectivity index (χ4v) is 1.00. The average Bonchev–Trinajstić information content (AvgIpc) is 2.31. The fourth-order valence-electron chi connectivity index (χ4n) is 0.469. The number of nitrogens with two attached hydrogens (primary N) is 1. The second kappa shape index (κ2) is 3.33. The average molecular weight is 160 g/mol. The third-order valence-corrected chi connectivity index (χ3v) is 1.54. The number of anilines is 2. The zero-order chi connectivity index (χ0) is 7.40. The Morgan fingerprint density at radius 3 is 2.90 bits per heavy atom. The van der Waals surface area contributed by atoms with E-state index in [0.717, 1.165) is 0 Å². The lowest BCUT2D eigenvalue weighted by Gasteiger charge is -1.94. The predicted octanol–water partition coefficient (Wildman–Crippen LogP) is -0.476. The molecule has 0 aliphatic heterocycles. The van der Waals surface area contributed by atoms with Crippen molar-refractivity contribution in [1.29, 1.82) is 0 Å². The first-order chi connectivity index (χ1) is 4.83. The van der Waals surface area contributed by atoms with Crippen LogP contribution in [0.15, 0.2) is 0 Å². The van der Waals surface area contributed by atoms with Crippen LogP contribution in [-0.4, -0.2) is 28.5 Å². The van der Waals surface area contributed by atoms with Crippen molar-refractivity contribution in [2.45, 2.75) is 0 Å². The van der Waals surface area contributed by atoms with Gasteiger partial charge >= 0.3 is 0 Å². The molecule has 1 heterocycles. The summed E-state index contributed by atoms with van der Waals surface area (Å²) in [6, 6.07) is 0. The molecule has 6 heteroatoms. The van der Waals surface area contributed by atoms with Gasteiger partial charge in [0.05, 0.1) is 6.61 Å². The lowest BCUT2D eigenvalue weighted by Crippen LogP contribution is -2.04. The van der Waals surface area contributed by atoms with Crippen molar-refractivity contribution in [2.24, 2.45) is 0 Å². The second-order valence-electron chi connectivity index (χ2n) is 1.60. The highest BCUT2D eigenvalue weighted by Crippen LogP contribution is 2.15. The molecule has 0 saturated heterocycles. The molecule has 0 aliphatic carbocycles. The van der Waals surface area contributed by atoms with Crippen LogP contribution in [-0.2, 0) is 0 Å². The first-order valence-electron chi connectivity index (χ1n) is 2.76. The number of aliphatic hydroxyl groups is 1. The summed E-state index contributed by atoms with van der Waals surface area (Å²) in [4.78, 5) is 0. The number of aromatic nitrogens is 2. The third-order valence-electron chi connectivity index (χ3n) is 0.829. The molecule has 1 aromatic heterocycles. The Morgan fingerprint density at radius 2 is 2.40 bits per heavy atom. The van der Waals surface area contributed by atoms with E-state index in [0.29, 0.717) is 16.8 Å². The zero-order valence-electron chi connectivity index (χ0n) is 5.24. The van der Waals surface area contributed by atoms with Gasteiger partial charge in [-0.1, -0.05) is 11.3 Å². The minimum Gasteiger partial charge on any atom is -0.395 e. The number of hydrogen-bond acceptors (Lipinski definition) is 6. The number of nitrogens with one attached hydrogen (secondary N) is 1. The first kappa shape index (κ1) is 7.23. The maximum atomic E-state index is 8.40. The topological polar surface area (TPSA) is 84.1 Å². The second-order valence-corrected chi connectivity index (χ2v) is 2.60. The molecule has 0 bridgehead atoms. The Morgan fingerprint density at radius 1 is 1.60 bits per heavy atom. The number of hydrogen-bond donors (Lipinski definition) is 3. The lowest BCUT2D eigenvalue weighted by atomic mass is 10.7. The van der Waals surface area contributed by atoms with Crippen molar-refractivity contribution in [1.82, 2.24) is 10.2 Å². The van der Waals surface area contributed by atoms with Crippen LogP contribution >= 0.6 is 11.3 Å². The number of nitrogen functional groups attached to an aromatic ring is 1. The molecule has 0 spiro atoms. The van der Waals surface area contributed by atoms with Gasteiger partial charge in [0.2, 0.25) is 10.3 Å². The van der Waals surface area contributed by atoms with E-state index < -0.39 is 0 Å². The van der Waals surface area contributed by atoms with Gasteiger partial charge in [-0.15, -0.1) is 10.2 Å². The maximum absolute atomic E-state index is 8.40. The summed E-state index contributed by atoms with van der Waals surface area (Å²) in [5, 5.41) is 19.5. The Labute approximate surface area is 61.9 Å². The molecule has 1 aromatic rings. The quantitative estimate of drug-likeness (QED) is 0.556. The number of rotatable bonds is 3. The summed E-state index contributed by atoms with van der Waals surface area (Å²) in [7, 11) is 0. The largest absolute Gasteiger partial charge is 0.395 e. The Bertz CT molecular complexity index is 201. The van der Waals surface area contributed by atoms with Crippen LogP contribution in [0.4, 0.5) is 10.3 Å². The van der Waals surface area contributed by atoms with Gasteiger partial charge in [-0.3, -0.25) is 0 Å². The lowest BCUT2D eigenvalue weighted by molar-refractivity contribution is 0.311. The van der Waals surface area contributed by atoms with Crippen LogP contribution < -0.4 is 11.1 Å². The van der Waals surface area contributed by atoms with Crippen molar-refractivity contribution in [3.8, 4) is 0 Å². The van der Waals surface area contributed by atoms with Crippen molar-refractivity contribution >= 4 is 21.6 Å². The van der Waals surface area contributed by atoms with E-state index in [1.54, 1.807) is 0 Å². The standard InChI is InChI=1S/C4H8N4OS/c5-3-7-8-4(10-3)6-1-2-9/h9H,1-2H2,(H2,5,7)(H,6,8). The van der Waals surface area contributed by atoms with Gasteiger partial charge in [0.25, 0.3) is 0 Å². The molecule has 56 valence electrons. The molecule has 1 rings (SSSR count). The number of nitrogens with zero attached hydrogens (tertiary/aromatic N) is 2. The zero-order valence-corrected chi connectivity index (χ0v) is 6.06. The summed E-state index contributed by atoms with van der Waals surface area (Å²) in [5.41, 5.74) is 5.29. The molecule has 0 unspecified atom stereocenters. The van der Waals surface area contributed by atoms with E-state index in [9.17, 15) is 0 Å². The molecule has 0 fully saturated rings. The molecular formula is C4H8N4OS. The highest BCUT2D eigenvalue weighted by molar-refractivity contribution is 7.18. The van der Waals surface area contributed by atoms with Gasteiger partial charge in [-0.05, 0) is 0 Å². The van der Waals surface area contributed by atoms with Crippen LogP contribution in [0.1, 0.15) is 0 Å². The molecular weight excluding hydrogens is 152 g/mol. The van der Waals surface area contributed by atoms with E-state index in [1.165, 1.54) is 11.3 Å². The smallest absolute Gasteiger partial charge is 0.207 e. The molecule has 10 heavy (non-hydrogen) atoms. The first-order valence-corrected chi connectivity index (χ1v) is 3.58. The number of aliphatic hydroxyl groups excluding tert-OH is 1. The van der Waals surface area contributed by atoms with Crippen LogP contribution in [0.2, 0.25) is 0 Å². The monoisotopic (exact) mass is 160 g/mol. The molecule has 0 radical (unpaired) electrons. The summed E-state index contributed by atoms with van der Waals surface area (Å²) in [5.74, 6) is 0.